The third kappa shape index (κ3) is 7.18. The molecule has 23 heavy (non-hydrogen) atoms. The lowest BCUT2D eigenvalue weighted by molar-refractivity contribution is -0.133. The molecule has 0 saturated carbocycles. The van der Waals surface area contributed by atoms with Gasteiger partial charge >= 0.3 is 0 Å². The Balaban J connectivity index is 2.21. The third-order valence-corrected chi connectivity index (χ3v) is 3.97. The molecule has 0 aromatic carbocycles. The van der Waals surface area contributed by atoms with Gasteiger partial charge in [-0.3, -0.25) is 14.7 Å². The molecule has 1 saturated heterocycles. The number of likely N-dealkylation sites (tertiary alicyclic amines) is 1. The predicted molar refractivity (Wildman–Crippen MR) is 93.8 cm³/mol. The van der Waals surface area contributed by atoms with Gasteiger partial charge < -0.3 is 20.3 Å². The van der Waals surface area contributed by atoms with Crippen molar-refractivity contribution < 1.29 is 9.53 Å². The molecule has 2 N–H and O–H groups in total. The molecule has 1 atom stereocenters. The molecular formula is C16H33N5O2. The Kier molecular flexibility index (Phi) is 9.63. The summed E-state index contributed by atoms with van der Waals surface area (Å²) in [4.78, 5) is 20.3. The summed E-state index contributed by atoms with van der Waals surface area (Å²) in [5, 5.41) is 6.51. The smallest absolute Gasteiger partial charge is 0.239 e. The topological polar surface area (TPSA) is 69.2 Å². The molecule has 1 fully saturated rings. The quantitative estimate of drug-likeness (QED) is 0.358. The van der Waals surface area contributed by atoms with E-state index in [1.807, 2.05) is 21.0 Å². The van der Waals surface area contributed by atoms with Crippen LogP contribution in [-0.4, -0.2) is 88.2 Å². The lowest BCUT2D eigenvalue weighted by Gasteiger charge is -2.26. The molecule has 1 rings (SSSR count). The second kappa shape index (κ2) is 11.2. The van der Waals surface area contributed by atoms with Crippen molar-refractivity contribution >= 4 is 11.9 Å². The lowest BCUT2D eigenvalue weighted by Crippen LogP contribution is -2.44. The number of guanidine groups is 1. The number of hydrogen-bond acceptors (Lipinski definition) is 4. The van der Waals surface area contributed by atoms with E-state index in [1.165, 1.54) is 0 Å². The molecule has 0 radical (unpaired) electrons. The number of carbonyl (C=O) groups excluding carboxylic acids is 1. The number of ether oxygens (including phenoxy) is 1. The molecule has 7 heteroatoms. The van der Waals surface area contributed by atoms with Crippen LogP contribution in [0.1, 0.15) is 26.2 Å². The Morgan fingerprint density at radius 1 is 1.35 bits per heavy atom. The summed E-state index contributed by atoms with van der Waals surface area (Å²) in [5.41, 5.74) is 0. The molecule has 0 spiro atoms. The van der Waals surface area contributed by atoms with E-state index in [4.69, 9.17) is 4.74 Å². The van der Waals surface area contributed by atoms with Crippen LogP contribution in [-0.2, 0) is 9.53 Å². The van der Waals surface area contributed by atoms with Gasteiger partial charge in [0.05, 0.1) is 12.6 Å². The summed E-state index contributed by atoms with van der Waals surface area (Å²) in [6.07, 6.45) is 3.08. The molecule has 1 aliphatic heterocycles. The molecular weight excluding hydrogens is 294 g/mol. The van der Waals surface area contributed by atoms with E-state index < -0.39 is 0 Å². The van der Waals surface area contributed by atoms with E-state index in [1.54, 1.807) is 11.9 Å². The monoisotopic (exact) mass is 327 g/mol. The minimum absolute atomic E-state index is 0.0635. The highest BCUT2D eigenvalue weighted by Crippen LogP contribution is 2.18. The molecule has 1 unspecified atom stereocenters. The van der Waals surface area contributed by atoms with Crippen LogP contribution in [0.25, 0.3) is 0 Å². The number of aliphatic imine (C=N–C) groups is 1. The first-order valence-electron chi connectivity index (χ1n) is 8.57. The average Bonchev–Trinajstić information content (AvgIpc) is 3.00. The van der Waals surface area contributed by atoms with Crippen molar-refractivity contribution in [3.8, 4) is 0 Å². The molecule has 7 nitrogen and oxygen atoms in total. The van der Waals surface area contributed by atoms with Crippen molar-refractivity contribution in [1.29, 1.82) is 0 Å². The first kappa shape index (κ1) is 19.7. The van der Waals surface area contributed by atoms with E-state index in [9.17, 15) is 4.79 Å². The van der Waals surface area contributed by atoms with Gasteiger partial charge in [0.2, 0.25) is 5.91 Å². The number of carbonyl (C=O) groups is 1. The van der Waals surface area contributed by atoms with E-state index in [2.05, 4.69) is 20.5 Å². The lowest BCUT2D eigenvalue weighted by atomic mass is 10.2. The van der Waals surface area contributed by atoms with Crippen LogP contribution in [0.3, 0.4) is 0 Å². The Bertz CT molecular complexity index is 373. The predicted octanol–water partition coefficient (Wildman–Crippen LogP) is 0.131. The number of rotatable bonds is 9. The Morgan fingerprint density at radius 2 is 2.09 bits per heavy atom. The summed E-state index contributed by atoms with van der Waals surface area (Å²) in [5.74, 6) is 1.02. The van der Waals surface area contributed by atoms with Crippen LogP contribution >= 0.6 is 0 Å². The molecule has 0 aliphatic carbocycles. The Hall–Kier alpha value is -1.34. The van der Waals surface area contributed by atoms with Crippen molar-refractivity contribution in [3.63, 3.8) is 0 Å². The number of amides is 1. The molecule has 1 heterocycles. The Labute approximate surface area is 140 Å². The number of likely N-dealkylation sites (N-methyl/N-ethyl adjacent to an activating group) is 1. The standard InChI is InChI=1S/C16H33N5O2/c1-5-23-13-10-19-16(17-2)18-9-7-12-21-11-6-8-14(21)15(22)20(3)4/h14H,5-13H2,1-4H3,(H2,17,18,19). The van der Waals surface area contributed by atoms with Crippen LogP contribution in [0, 0.1) is 0 Å². The van der Waals surface area contributed by atoms with Gasteiger partial charge in [-0.15, -0.1) is 0 Å². The van der Waals surface area contributed by atoms with Gasteiger partial charge in [0.25, 0.3) is 0 Å². The second-order valence-electron chi connectivity index (χ2n) is 5.90. The van der Waals surface area contributed by atoms with Gasteiger partial charge in [0.1, 0.15) is 0 Å². The number of nitrogens with zero attached hydrogens (tertiary/aromatic N) is 3. The van der Waals surface area contributed by atoms with Crippen LogP contribution in [0.4, 0.5) is 0 Å². The van der Waals surface area contributed by atoms with Gasteiger partial charge in [-0.1, -0.05) is 0 Å². The van der Waals surface area contributed by atoms with Crippen molar-refractivity contribution in [3.05, 3.63) is 0 Å². The van der Waals surface area contributed by atoms with Crippen LogP contribution in [0.15, 0.2) is 4.99 Å². The van der Waals surface area contributed by atoms with E-state index in [0.29, 0.717) is 6.61 Å². The minimum Gasteiger partial charge on any atom is -0.380 e. The average molecular weight is 327 g/mol. The third-order valence-electron chi connectivity index (χ3n) is 3.97. The second-order valence-corrected chi connectivity index (χ2v) is 5.90. The van der Waals surface area contributed by atoms with Crippen molar-refractivity contribution in [2.45, 2.75) is 32.2 Å². The summed E-state index contributed by atoms with van der Waals surface area (Å²) < 4.78 is 5.29. The maximum atomic E-state index is 12.1. The van der Waals surface area contributed by atoms with E-state index >= 15 is 0 Å². The van der Waals surface area contributed by atoms with Crippen LogP contribution in [0.5, 0.6) is 0 Å². The van der Waals surface area contributed by atoms with Crippen molar-refractivity contribution in [2.24, 2.45) is 4.99 Å². The zero-order valence-electron chi connectivity index (χ0n) is 15.1. The summed E-state index contributed by atoms with van der Waals surface area (Å²) in [6.45, 7) is 6.95. The first-order chi connectivity index (χ1) is 11.1. The number of nitrogens with one attached hydrogen (secondary N) is 2. The maximum Gasteiger partial charge on any atom is 0.239 e. The fourth-order valence-corrected chi connectivity index (χ4v) is 2.77. The summed E-state index contributed by atoms with van der Waals surface area (Å²) >= 11 is 0. The van der Waals surface area contributed by atoms with Crippen molar-refractivity contribution in [2.75, 3.05) is 60.5 Å². The molecule has 1 aliphatic rings. The Morgan fingerprint density at radius 3 is 2.74 bits per heavy atom. The highest BCUT2D eigenvalue weighted by atomic mass is 16.5. The SMILES string of the molecule is CCOCCNC(=NC)NCCCN1CCCC1C(=O)N(C)C. The normalized spacial score (nSPS) is 19.0. The van der Waals surface area contributed by atoms with Gasteiger partial charge in [0.15, 0.2) is 5.96 Å². The zero-order chi connectivity index (χ0) is 17.1. The highest BCUT2D eigenvalue weighted by molar-refractivity contribution is 5.81. The van der Waals surface area contributed by atoms with E-state index in [-0.39, 0.29) is 11.9 Å². The number of hydrogen-bond donors (Lipinski definition) is 2. The van der Waals surface area contributed by atoms with E-state index in [0.717, 1.165) is 58.0 Å². The molecule has 0 aromatic heterocycles. The summed E-state index contributed by atoms with van der Waals surface area (Å²) in [7, 11) is 5.43. The van der Waals surface area contributed by atoms with Gasteiger partial charge in [0, 0.05) is 47.4 Å². The van der Waals surface area contributed by atoms with Gasteiger partial charge in [-0.2, -0.15) is 0 Å². The van der Waals surface area contributed by atoms with Crippen molar-refractivity contribution in [1.82, 2.24) is 20.4 Å². The van der Waals surface area contributed by atoms with Gasteiger partial charge in [-0.05, 0) is 32.7 Å². The summed E-state index contributed by atoms with van der Waals surface area (Å²) in [6, 6.07) is 0.0635. The largest absolute Gasteiger partial charge is 0.380 e. The van der Waals surface area contributed by atoms with Gasteiger partial charge in [-0.25, -0.2) is 0 Å². The first-order valence-corrected chi connectivity index (χ1v) is 8.57. The molecule has 134 valence electrons. The van der Waals surface area contributed by atoms with Crippen LogP contribution < -0.4 is 10.6 Å². The zero-order valence-corrected chi connectivity index (χ0v) is 15.1. The fourth-order valence-electron chi connectivity index (χ4n) is 2.77. The maximum absolute atomic E-state index is 12.1. The molecule has 0 aromatic rings. The highest BCUT2D eigenvalue weighted by Gasteiger charge is 2.30. The molecule has 0 bridgehead atoms. The van der Waals surface area contributed by atoms with Crippen LogP contribution in [0.2, 0.25) is 0 Å². The fraction of sp³-hybridized carbons (Fsp3) is 0.875. The minimum atomic E-state index is 0.0635. The molecule has 1 amide bonds.